The molecule has 0 aliphatic heterocycles. The normalized spacial score (nSPS) is 12.2. The smallest absolute Gasteiger partial charge is 0.341 e. The highest BCUT2D eigenvalue weighted by atomic mass is 79.9. The number of ether oxygens (including phenoxy) is 2. The Kier molecular flexibility index (Phi) is 5.68. The highest BCUT2D eigenvalue weighted by Crippen LogP contribution is 2.33. The fraction of sp³-hybridized carbons (Fsp3) is 0.250. The van der Waals surface area contributed by atoms with Gasteiger partial charge in [0.15, 0.2) is 10.1 Å². The first kappa shape index (κ1) is 20.9. The number of hydrogen-bond acceptors (Lipinski definition) is 7. The Morgan fingerprint density at radius 3 is 2.68 bits per heavy atom. The minimum absolute atomic E-state index is 0.203. The number of fused-ring (bicyclic) bond motifs is 1. The monoisotopic (exact) mass is 488 g/mol. The SMILES string of the molecule is CCOC(=O)c1cnn(-c2nc(OC)c3c(n2)c(Br)nn3[C@@H](C)c2ccc(F)cc2)c1. The summed E-state index contributed by atoms with van der Waals surface area (Å²) in [5, 5.41) is 8.70. The molecule has 0 unspecified atom stereocenters. The molecule has 3 aromatic heterocycles. The van der Waals surface area contributed by atoms with Gasteiger partial charge < -0.3 is 9.47 Å². The van der Waals surface area contributed by atoms with E-state index in [1.165, 1.54) is 36.3 Å². The zero-order valence-corrected chi connectivity index (χ0v) is 18.5. The molecule has 31 heavy (non-hydrogen) atoms. The van der Waals surface area contributed by atoms with Crippen LogP contribution in [0.1, 0.15) is 35.8 Å². The third-order valence-electron chi connectivity index (χ3n) is 4.67. The van der Waals surface area contributed by atoms with E-state index in [1.54, 1.807) is 23.7 Å². The summed E-state index contributed by atoms with van der Waals surface area (Å²) in [6.07, 6.45) is 2.87. The molecule has 1 atom stereocenters. The van der Waals surface area contributed by atoms with Crippen molar-refractivity contribution < 1.29 is 18.7 Å². The first-order valence-corrected chi connectivity index (χ1v) is 10.2. The third kappa shape index (κ3) is 3.88. The molecule has 3 heterocycles. The van der Waals surface area contributed by atoms with Gasteiger partial charge in [0.2, 0.25) is 5.88 Å². The number of nitrogens with zero attached hydrogens (tertiary/aromatic N) is 6. The number of benzene rings is 1. The van der Waals surface area contributed by atoms with Crippen LogP contribution in [0.5, 0.6) is 5.88 Å². The van der Waals surface area contributed by atoms with Gasteiger partial charge in [0.25, 0.3) is 5.95 Å². The second-order valence-corrected chi connectivity index (χ2v) is 7.34. The van der Waals surface area contributed by atoms with Gasteiger partial charge in [0.05, 0.1) is 31.5 Å². The van der Waals surface area contributed by atoms with E-state index >= 15 is 0 Å². The second-order valence-electron chi connectivity index (χ2n) is 6.59. The first-order chi connectivity index (χ1) is 14.9. The number of hydrogen-bond donors (Lipinski definition) is 0. The molecule has 0 spiro atoms. The Balaban J connectivity index is 1.80. The fourth-order valence-electron chi connectivity index (χ4n) is 3.12. The summed E-state index contributed by atoms with van der Waals surface area (Å²) in [5.74, 6) is -0.312. The molecule has 1 aromatic carbocycles. The Hall–Kier alpha value is -3.34. The largest absolute Gasteiger partial charge is 0.479 e. The fourth-order valence-corrected chi connectivity index (χ4v) is 3.57. The van der Waals surface area contributed by atoms with Gasteiger partial charge in [0, 0.05) is 6.20 Å². The first-order valence-electron chi connectivity index (χ1n) is 9.40. The predicted molar refractivity (Wildman–Crippen MR) is 113 cm³/mol. The van der Waals surface area contributed by atoms with Gasteiger partial charge in [-0.1, -0.05) is 12.1 Å². The van der Waals surface area contributed by atoms with Crippen molar-refractivity contribution in [2.45, 2.75) is 19.9 Å². The van der Waals surface area contributed by atoms with Crippen LogP contribution in [-0.4, -0.2) is 49.2 Å². The van der Waals surface area contributed by atoms with Crippen molar-refractivity contribution in [1.29, 1.82) is 0 Å². The van der Waals surface area contributed by atoms with Crippen LogP contribution in [0.3, 0.4) is 0 Å². The van der Waals surface area contributed by atoms with Crippen molar-refractivity contribution in [3.8, 4) is 11.8 Å². The number of esters is 1. The van der Waals surface area contributed by atoms with E-state index in [2.05, 4.69) is 36.1 Å². The third-order valence-corrected chi connectivity index (χ3v) is 5.21. The number of rotatable bonds is 6. The van der Waals surface area contributed by atoms with E-state index < -0.39 is 5.97 Å². The zero-order valence-electron chi connectivity index (χ0n) is 16.9. The molecule has 4 rings (SSSR count). The molecule has 0 aliphatic carbocycles. The van der Waals surface area contributed by atoms with Crippen LogP contribution >= 0.6 is 15.9 Å². The average Bonchev–Trinajstić information content (AvgIpc) is 3.39. The van der Waals surface area contributed by atoms with Crippen molar-refractivity contribution >= 4 is 32.9 Å². The maximum Gasteiger partial charge on any atom is 0.341 e. The molecule has 9 nitrogen and oxygen atoms in total. The predicted octanol–water partition coefficient (Wildman–Crippen LogP) is 3.71. The summed E-state index contributed by atoms with van der Waals surface area (Å²) in [4.78, 5) is 20.9. The average molecular weight is 489 g/mol. The molecular weight excluding hydrogens is 471 g/mol. The molecule has 0 amide bonds. The molecule has 11 heteroatoms. The molecule has 0 radical (unpaired) electrons. The molecule has 0 saturated heterocycles. The standard InChI is InChI=1S/C20H18BrFN6O3/c1-4-31-19(29)13-9-23-27(10-13)20-24-15-16(18(25-20)30-3)28(26-17(15)21)11(2)12-5-7-14(22)8-6-12/h5-11H,4H2,1-3H3/t11-/m0/s1. The molecule has 0 fully saturated rings. The Morgan fingerprint density at radius 2 is 2.00 bits per heavy atom. The summed E-state index contributed by atoms with van der Waals surface area (Å²) < 4.78 is 27.4. The van der Waals surface area contributed by atoms with E-state index in [9.17, 15) is 9.18 Å². The summed E-state index contributed by atoms with van der Waals surface area (Å²) in [5.41, 5.74) is 2.21. The van der Waals surface area contributed by atoms with Crippen molar-refractivity contribution in [3.05, 3.63) is 58.2 Å². The minimum Gasteiger partial charge on any atom is -0.479 e. The number of aromatic nitrogens is 6. The number of halogens is 2. The highest BCUT2D eigenvalue weighted by Gasteiger charge is 2.23. The minimum atomic E-state index is -0.482. The van der Waals surface area contributed by atoms with E-state index in [4.69, 9.17) is 9.47 Å². The van der Waals surface area contributed by atoms with Gasteiger partial charge >= 0.3 is 5.97 Å². The van der Waals surface area contributed by atoms with Crippen molar-refractivity contribution in [1.82, 2.24) is 29.5 Å². The lowest BCUT2D eigenvalue weighted by atomic mass is 10.1. The van der Waals surface area contributed by atoms with E-state index in [1.807, 2.05) is 6.92 Å². The van der Waals surface area contributed by atoms with Crippen LogP contribution in [0.2, 0.25) is 0 Å². The van der Waals surface area contributed by atoms with Gasteiger partial charge in [-0.15, -0.1) is 0 Å². The maximum absolute atomic E-state index is 13.3. The highest BCUT2D eigenvalue weighted by molar-refractivity contribution is 9.10. The molecule has 0 saturated carbocycles. The zero-order chi connectivity index (χ0) is 22.1. The van der Waals surface area contributed by atoms with Gasteiger partial charge in [0.1, 0.15) is 11.3 Å². The number of methoxy groups -OCH3 is 1. The summed E-state index contributed by atoms with van der Waals surface area (Å²) >= 11 is 3.45. The molecule has 4 aromatic rings. The van der Waals surface area contributed by atoms with Gasteiger partial charge in [-0.3, -0.25) is 0 Å². The van der Waals surface area contributed by atoms with Gasteiger partial charge in [-0.2, -0.15) is 15.2 Å². The molecule has 0 bridgehead atoms. The lowest BCUT2D eigenvalue weighted by Crippen LogP contribution is -2.11. The number of carbonyl (C=O) groups excluding carboxylic acids is 1. The van der Waals surface area contributed by atoms with Crippen LogP contribution in [0, 0.1) is 5.82 Å². The quantitative estimate of drug-likeness (QED) is 0.381. The molecule has 0 N–H and O–H groups in total. The van der Waals surface area contributed by atoms with Gasteiger partial charge in [-0.05, 0) is 47.5 Å². The van der Waals surface area contributed by atoms with Gasteiger partial charge in [-0.25, -0.2) is 23.5 Å². The second kappa shape index (κ2) is 8.42. The Bertz CT molecular complexity index is 1250. The van der Waals surface area contributed by atoms with Crippen LogP contribution < -0.4 is 4.74 Å². The van der Waals surface area contributed by atoms with Crippen LogP contribution in [0.25, 0.3) is 17.0 Å². The Labute approximate surface area is 184 Å². The number of carbonyl (C=O) groups is 1. The maximum atomic E-state index is 13.3. The van der Waals surface area contributed by atoms with E-state index in [0.29, 0.717) is 15.6 Å². The van der Waals surface area contributed by atoms with E-state index in [0.717, 1.165) is 5.56 Å². The summed E-state index contributed by atoms with van der Waals surface area (Å²) in [6.45, 7) is 3.92. The Morgan fingerprint density at radius 1 is 1.26 bits per heavy atom. The summed E-state index contributed by atoms with van der Waals surface area (Å²) in [7, 11) is 1.49. The van der Waals surface area contributed by atoms with Crippen LogP contribution in [0.15, 0.2) is 41.3 Å². The molecular formula is C20H18BrFN6O3. The molecule has 160 valence electrons. The molecule has 0 aliphatic rings. The summed E-state index contributed by atoms with van der Waals surface area (Å²) in [6, 6.07) is 5.96. The van der Waals surface area contributed by atoms with Crippen molar-refractivity contribution in [2.75, 3.05) is 13.7 Å². The lowest BCUT2D eigenvalue weighted by Gasteiger charge is -2.15. The van der Waals surface area contributed by atoms with Crippen LogP contribution in [-0.2, 0) is 4.74 Å². The lowest BCUT2D eigenvalue weighted by molar-refractivity contribution is 0.0526. The van der Waals surface area contributed by atoms with Crippen LogP contribution in [0.4, 0.5) is 4.39 Å². The van der Waals surface area contributed by atoms with Crippen molar-refractivity contribution in [3.63, 3.8) is 0 Å². The topological polar surface area (TPSA) is 96.9 Å². The van der Waals surface area contributed by atoms with E-state index in [-0.39, 0.29) is 35.9 Å². The van der Waals surface area contributed by atoms with Crippen molar-refractivity contribution in [2.24, 2.45) is 0 Å².